The molecule has 1 rings (SSSR count). The van der Waals surface area contributed by atoms with E-state index >= 15 is 0 Å². The van der Waals surface area contributed by atoms with Crippen LogP contribution in [0.15, 0.2) is 23.2 Å². The van der Waals surface area contributed by atoms with Gasteiger partial charge in [0.1, 0.15) is 5.75 Å². The van der Waals surface area contributed by atoms with Gasteiger partial charge < -0.3 is 15.4 Å². The fourth-order valence-corrected chi connectivity index (χ4v) is 3.01. The number of ether oxygens (including phenoxy) is 1. The van der Waals surface area contributed by atoms with E-state index in [2.05, 4.69) is 48.5 Å². The number of hydrogen-bond acceptors (Lipinski definition) is 4. The zero-order valence-corrected chi connectivity index (χ0v) is 19.4. The molecule has 0 radical (unpaired) electrons. The van der Waals surface area contributed by atoms with Gasteiger partial charge in [-0.25, -0.2) is 8.42 Å². The molecule has 0 bridgehead atoms. The molecule has 2 N–H and O–H groups in total. The lowest BCUT2D eigenvalue weighted by Crippen LogP contribution is -2.47. The molecular formula is C21H37N3O3S. The molecule has 0 amide bonds. The van der Waals surface area contributed by atoms with Crippen LogP contribution in [0.5, 0.6) is 5.75 Å². The lowest BCUT2D eigenvalue weighted by Gasteiger charge is -2.24. The van der Waals surface area contributed by atoms with Gasteiger partial charge in [-0.15, -0.1) is 0 Å². The molecule has 160 valence electrons. The molecule has 0 heterocycles. The second-order valence-electron chi connectivity index (χ2n) is 8.48. The highest BCUT2D eigenvalue weighted by Crippen LogP contribution is 2.23. The van der Waals surface area contributed by atoms with Crippen LogP contribution in [0.1, 0.15) is 52.2 Å². The Kier molecular flexibility index (Phi) is 8.79. The summed E-state index contributed by atoms with van der Waals surface area (Å²) in [6.07, 6.45) is 2.37. The second kappa shape index (κ2) is 10.1. The molecule has 0 aromatic heterocycles. The molecule has 0 saturated heterocycles. The van der Waals surface area contributed by atoms with Crippen molar-refractivity contribution in [2.24, 2.45) is 10.9 Å². The van der Waals surface area contributed by atoms with Crippen molar-refractivity contribution in [3.63, 3.8) is 0 Å². The van der Waals surface area contributed by atoms with E-state index in [0.717, 1.165) is 23.3 Å². The molecule has 1 atom stereocenters. The SMILES string of the molecule is CN=C(NCc1ccc(C)cc1OC(C)CC(C)C)NCC(C)(C)S(C)(=O)=O. The molecule has 0 saturated carbocycles. The number of nitrogens with zero attached hydrogens (tertiary/aromatic N) is 1. The van der Waals surface area contributed by atoms with E-state index in [0.29, 0.717) is 18.4 Å². The van der Waals surface area contributed by atoms with Gasteiger partial charge in [-0.1, -0.05) is 26.0 Å². The minimum absolute atomic E-state index is 0.133. The van der Waals surface area contributed by atoms with Gasteiger partial charge in [-0.2, -0.15) is 0 Å². The molecular weight excluding hydrogens is 374 g/mol. The third kappa shape index (κ3) is 7.70. The number of sulfone groups is 1. The number of rotatable bonds is 9. The van der Waals surface area contributed by atoms with Crippen molar-refractivity contribution in [3.05, 3.63) is 29.3 Å². The highest BCUT2D eigenvalue weighted by molar-refractivity contribution is 7.92. The predicted octanol–water partition coefficient (Wildman–Crippen LogP) is 3.30. The largest absolute Gasteiger partial charge is 0.490 e. The summed E-state index contributed by atoms with van der Waals surface area (Å²) in [5.41, 5.74) is 2.18. The number of aliphatic imine (C=N–C) groups is 1. The summed E-state index contributed by atoms with van der Waals surface area (Å²) in [5, 5.41) is 6.35. The van der Waals surface area contributed by atoms with Crippen LogP contribution in [0, 0.1) is 12.8 Å². The fourth-order valence-electron chi connectivity index (χ4n) is 2.67. The van der Waals surface area contributed by atoms with E-state index in [1.54, 1.807) is 20.9 Å². The van der Waals surface area contributed by atoms with E-state index in [9.17, 15) is 8.42 Å². The quantitative estimate of drug-likeness (QED) is 0.481. The highest BCUT2D eigenvalue weighted by atomic mass is 32.2. The van der Waals surface area contributed by atoms with E-state index in [-0.39, 0.29) is 12.6 Å². The number of hydrogen-bond donors (Lipinski definition) is 2. The van der Waals surface area contributed by atoms with Crippen LogP contribution in [0.3, 0.4) is 0 Å². The average molecular weight is 412 g/mol. The summed E-state index contributed by atoms with van der Waals surface area (Å²) in [7, 11) is -1.51. The maximum absolute atomic E-state index is 11.9. The summed E-state index contributed by atoms with van der Waals surface area (Å²) in [5.74, 6) is 1.99. The van der Waals surface area contributed by atoms with E-state index in [1.165, 1.54) is 6.26 Å². The van der Waals surface area contributed by atoms with Crippen molar-refractivity contribution in [2.45, 2.75) is 65.4 Å². The summed E-state index contributed by atoms with van der Waals surface area (Å²) in [6, 6.07) is 6.16. The molecule has 0 aliphatic carbocycles. The summed E-state index contributed by atoms with van der Waals surface area (Å²) in [4.78, 5) is 4.19. The first kappa shape index (κ1) is 24.3. The Morgan fingerprint density at radius 1 is 1.21 bits per heavy atom. The molecule has 1 aromatic rings. The minimum Gasteiger partial charge on any atom is -0.490 e. The van der Waals surface area contributed by atoms with Crippen molar-refractivity contribution in [1.29, 1.82) is 0 Å². The van der Waals surface area contributed by atoms with Crippen LogP contribution in [0.4, 0.5) is 0 Å². The molecule has 1 unspecified atom stereocenters. The average Bonchev–Trinajstić information content (AvgIpc) is 2.54. The smallest absolute Gasteiger partial charge is 0.191 e. The predicted molar refractivity (Wildman–Crippen MR) is 118 cm³/mol. The fraction of sp³-hybridized carbons (Fsp3) is 0.667. The molecule has 28 heavy (non-hydrogen) atoms. The molecule has 0 aliphatic heterocycles. The van der Waals surface area contributed by atoms with Gasteiger partial charge in [-0.05, 0) is 51.7 Å². The Bertz CT molecular complexity index is 771. The van der Waals surface area contributed by atoms with Gasteiger partial charge in [0, 0.05) is 32.0 Å². The molecule has 7 heteroatoms. The van der Waals surface area contributed by atoms with Crippen LogP contribution in [-0.2, 0) is 16.4 Å². The van der Waals surface area contributed by atoms with Gasteiger partial charge in [0.15, 0.2) is 15.8 Å². The number of aryl methyl sites for hydroxylation is 1. The van der Waals surface area contributed by atoms with Crippen molar-refractivity contribution in [1.82, 2.24) is 10.6 Å². The van der Waals surface area contributed by atoms with E-state index in [4.69, 9.17) is 4.74 Å². The Morgan fingerprint density at radius 2 is 1.86 bits per heavy atom. The van der Waals surface area contributed by atoms with Gasteiger partial charge in [0.2, 0.25) is 0 Å². The number of benzene rings is 1. The molecule has 0 aliphatic rings. The van der Waals surface area contributed by atoms with Crippen molar-refractivity contribution in [2.75, 3.05) is 19.8 Å². The van der Waals surface area contributed by atoms with Gasteiger partial charge >= 0.3 is 0 Å². The first-order valence-corrected chi connectivity index (χ1v) is 11.6. The van der Waals surface area contributed by atoms with Crippen LogP contribution >= 0.6 is 0 Å². The van der Waals surface area contributed by atoms with Crippen molar-refractivity contribution in [3.8, 4) is 5.75 Å². The second-order valence-corrected chi connectivity index (χ2v) is 11.1. The third-order valence-electron chi connectivity index (χ3n) is 4.71. The first-order chi connectivity index (χ1) is 12.9. The normalized spacial score (nSPS) is 14.1. The lowest BCUT2D eigenvalue weighted by atomic mass is 10.1. The monoisotopic (exact) mass is 411 g/mol. The first-order valence-electron chi connectivity index (χ1n) is 9.76. The van der Waals surface area contributed by atoms with Crippen LogP contribution in [0.2, 0.25) is 0 Å². The molecule has 0 fully saturated rings. The topological polar surface area (TPSA) is 79.8 Å². The molecule has 1 aromatic carbocycles. The third-order valence-corrected chi connectivity index (χ3v) is 6.86. The summed E-state index contributed by atoms with van der Waals surface area (Å²) < 4.78 is 29.0. The lowest BCUT2D eigenvalue weighted by molar-refractivity contribution is 0.191. The Labute approximate surface area is 171 Å². The van der Waals surface area contributed by atoms with Crippen molar-refractivity contribution < 1.29 is 13.2 Å². The zero-order chi connectivity index (χ0) is 21.5. The van der Waals surface area contributed by atoms with E-state index in [1.807, 2.05) is 13.0 Å². The van der Waals surface area contributed by atoms with Crippen molar-refractivity contribution >= 4 is 15.8 Å². The van der Waals surface area contributed by atoms with Crippen LogP contribution in [-0.4, -0.2) is 45.1 Å². The Morgan fingerprint density at radius 3 is 2.39 bits per heavy atom. The van der Waals surface area contributed by atoms with Gasteiger partial charge in [0.25, 0.3) is 0 Å². The minimum atomic E-state index is -3.17. The van der Waals surface area contributed by atoms with Crippen LogP contribution < -0.4 is 15.4 Å². The number of guanidine groups is 1. The summed E-state index contributed by atoms with van der Waals surface area (Å²) in [6.45, 7) is 12.7. The van der Waals surface area contributed by atoms with Gasteiger partial charge in [0.05, 0.1) is 10.9 Å². The molecule has 6 nitrogen and oxygen atoms in total. The van der Waals surface area contributed by atoms with Crippen LogP contribution in [0.25, 0.3) is 0 Å². The standard InChI is InChI=1S/C21H37N3O3S/c1-15(2)11-17(4)27-19-12-16(3)9-10-18(19)13-23-20(22-7)24-14-21(5,6)28(8,25)26/h9-10,12,15,17H,11,13-14H2,1-8H3,(H2,22,23,24). The number of nitrogens with one attached hydrogen (secondary N) is 2. The van der Waals surface area contributed by atoms with Gasteiger partial charge in [-0.3, -0.25) is 4.99 Å². The summed E-state index contributed by atoms with van der Waals surface area (Å²) >= 11 is 0. The Hall–Kier alpha value is -1.76. The zero-order valence-electron chi connectivity index (χ0n) is 18.6. The maximum Gasteiger partial charge on any atom is 0.191 e. The highest BCUT2D eigenvalue weighted by Gasteiger charge is 2.30. The maximum atomic E-state index is 11.9. The van der Waals surface area contributed by atoms with E-state index < -0.39 is 14.6 Å². The molecule has 0 spiro atoms. The Balaban J connectivity index is 2.79.